The van der Waals surface area contributed by atoms with Crippen molar-refractivity contribution in [2.45, 2.75) is 31.7 Å². The van der Waals surface area contributed by atoms with Crippen molar-refractivity contribution in [3.63, 3.8) is 0 Å². The first-order chi connectivity index (χ1) is 10.8. The number of hydroxylamine groups is 2. The van der Waals surface area contributed by atoms with E-state index in [4.69, 9.17) is 15.6 Å². The summed E-state index contributed by atoms with van der Waals surface area (Å²) in [6, 6.07) is 2.10. The Kier molecular flexibility index (Phi) is 5.26. The maximum absolute atomic E-state index is 12.7. The lowest BCUT2D eigenvalue weighted by Gasteiger charge is -2.30. The summed E-state index contributed by atoms with van der Waals surface area (Å²) in [4.78, 5) is 18.4. The van der Waals surface area contributed by atoms with Crippen LogP contribution in [-0.4, -0.2) is 40.5 Å². The molecule has 0 bridgehead atoms. The Balaban J connectivity index is 2.04. The van der Waals surface area contributed by atoms with Gasteiger partial charge in [0, 0.05) is 38.0 Å². The zero-order chi connectivity index (χ0) is 17.0. The van der Waals surface area contributed by atoms with E-state index in [1.807, 2.05) is 0 Å². The molecule has 1 aliphatic heterocycles. The van der Waals surface area contributed by atoms with Crippen LogP contribution in [0.3, 0.4) is 0 Å². The summed E-state index contributed by atoms with van der Waals surface area (Å²) in [6.07, 6.45) is -5.56. The second-order valence-corrected chi connectivity index (χ2v) is 4.97. The fraction of sp³-hybridized carbons (Fsp3) is 0.538. The number of rotatable bonds is 4. The number of alkyl halides is 3. The highest BCUT2D eigenvalue weighted by Crippen LogP contribution is 2.31. The highest BCUT2D eigenvalue weighted by molar-refractivity contribution is 5.56. The normalized spacial score (nSPS) is 17.0. The maximum Gasteiger partial charge on any atom is 0.525 e. The van der Waals surface area contributed by atoms with Crippen LogP contribution < -0.4 is 10.5 Å². The molecular weight excluding hydrogens is 319 g/mol. The topological polar surface area (TPSA) is 97.9 Å². The maximum atomic E-state index is 12.7. The average molecular weight is 335 g/mol. The van der Waals surface area contributed by atoms with Crippen LogP contribution in [0.2, 0.25) is 0 Å². The van der Waals surface area contributed by atoms with Crippen molar-refractivity contribution in [2.24, 2.45) is 5.73 Å². The fourth-order valence-electron chi connectivity index (χ4n) is 2.19. The van der Waals surface area contributed by atoms with E-state index in [2.05, 4.69) is 9.82 Å². The van der Waals surface area contributed by atoms with Gasteiger partial charge in [0.1, 0.15) is 11.8 Å². The van der Waals surface area contributed by atoms with E-state index in [9.17, 15) is 18.0 Å². The van der Waals surface area contributed by atoms with Gasteiger partial charge in [-0.25, -0.2) is 9.78 Å². The summed E-state index contributed by atoms with van der Waals surface area (Å²) in [6.45, 7) is 0.573. The Morgan fingerprint density at radius 2 is 2.04 bits per heavy atom. The number of hydrogen-bond donors (Lipinski definition) is 2. The molecule has 2 rings (SSSR count). The lowest BCUT2D eigenvalue weighted by molar-refractivity contribution is -0.143. The molecule has 23 heavy (non-hydrogen) atoms. The number of carbonyl (C=O) groups is 1. The number of pyridine rings is 1. The fourth-order valence-corrected chi connectivity index (χ4v) is 2.19. The Morgan fingerprint density at radius 3 is 2.57 bits per heavy atom. The first-order valence-corrected chi connectivity index (χ1v) is 6.89. The number of ether oxygens (including phenoxy) is 1. The molecule has 0 radical (unpaired) electrons. The van der Waals surface area contributed by atoms with Gasteiger partial charge >= 0.3 is 12.3 Å². The van der Waals surface area contributed by atoms with Crippen LogP contribution in [0, 0.1) is 0 Å². The first-order valence-electron chi connectivity index (χ1n) is 6.89. The molecule has 0 aliphatic carbocycles. The second kappa shape index (κ2) is 7.01. The van der Waals surface area contributed by atoms with Gasteiger partial charge in [-0.2, -0.15) is 13.2 Å². The molecular formula is C13H16F3N3O4. The molecule has 0 amide bonds. The van der Waals surface area contributed by atoms with Gasteiger partial charge in [-0.3, -0.25) is 0 Å². The number of aromatic nitrogens is 1. The molecule has 1 aromatic heterocycles. The summed E-state index contributed by atoms with van der Waals surface area (Å²) in [5, 5.41) is 9.77. The molecule has 7 nitrogen and oxygen atoms in total. The van der Waals surface area contributed by atoms with Crippen LogP contribution in [0.25, 0.3) is 0 Å². The lowest BCUT2D eigenvalue weighted by atomic mass is 10.1. The van der Waals surface area contributed by atoms with Crippen LogP contribution in [0.15, 0.2) is 12.1 Å². The van der Waals surface area contributed by atoms with Crippen LogP contribution in [0.4, 0.5) is 18.0 Å². The minimum Gasteiger partial charge on any atom is -0.474 e. The summed E-state index contributed by atoms with van der Waals surface area (Å²) < 4.78 is 43.7. The quantitative estimate of drug-likeness (QED) is 0.868. The number of halogens is 3. The number of carboxylic acid groups (broad SMARTS) is 1. The van der Waals surface area contributed by atoms with Crippen molar-refractivity contribution in [1.82, 2.24) is 10.0 Å². The summed E-state index contributed by atoms with van der Waals surface area (Å²) >= 11 is 0. The van der Waals surface area contributed by atoms with Gasteiger partial charge in [-0.05, 0) is 6.07 Å². The molecule has 3 N–H and O–H groups in total. The number of nitrogens with two attached hydrogens (primary N) is 1. The van der Waals surface area contributed by atoms with Gasteiger partial charge in [0.2, 0.25) is 5.88 Å². The van der Waals surface area contributed by atoms with Crippen molar-refractivity contribution in [3.8, 4) is 5.88 Å². The average Bonchev–Trinajstić information content (AvgIpc) is 2.48. The van der Waals surface area contributed by atoms with E-state index in [1.54, 1.807) is 0 Å². The standard InChI is InChI=1S/C13H16F3N3O4/c14-13(15,16)10-2-1-8(7-17)11(18-10)22-9-3-5-19(6-4-9)23-12(20)21/h1-2,9H,3-7,17H2,(H,20,21). The molecule has 10 heteroatoms. The van der Waals surface area contributed by atoms with Crippen molar-refractivity contribution >= 4 is 6.16 Å². The molecule has 0 atom stereocenters. The van der Waals surface area contributed by atoms with Gasteiger partial charge in [0.15, 0.2) is 0 Å². The zero-order valence-corrected chi connectivity index (χ0v) is 12.0. The van der Waals surface area contributed by atoms with Gasteiger partial charge in [-0.1, -0.05) is 6.07 Å². The lowest BCUT2D eigenvalue weighted by Crippen LogP contribution is -2.39. The van der Waals surface area contributed by atoms with Crippen LogP contribution in [0.5, 0.6) is 5.88 Å². The van der Waals surface area contributed by atoms with E-state index >= 15 is 0 Å². The molecule has 0 spiro atoms. The Bertz CT molecular complexity index is 560. The number of piperidine rings is 1. The van der Waals surface area contributed by atoms with Gasteiger partial charge in [0.05, 0.1) is 0 Å². The molecule has 1 saturated heterocycles. The summed E-state index contributed by atoms with van der Waals surface area (Å²) in [7, 11) is 0. The molecule has 0 aromatic carbocycles. The second-order valence-electron chi connectivity index (χ2n) is 4.97. The summed E-state index contributed by atoms with van der Waals surface area (Å²) in [5.74, 6) is -0.139. The molecule has 0 unspecified atom stereocenters. The minimum absolute atomic E-state index is 0.00143. The molecule has 0 saturated carbocycles. The highest BCUT2D eigenvalue weighted by atomic mass is 19.4. The highest BCUT2D eigenvalue weighted by Gasteiger charge is 2.33. The number of hydrogen-bond acceptors (Lipinski definition) is 6. The molecule has 1 fully saturated rings. The monoisotopic (exact) mass is 335 g/mol. The Hall–Kier alpha value is -2.07. The van der Waals surface area contributed by atoms with E-state index < -0.39 is 18.0 Å². The van der Waals surface area contributed by atoms with E-state index in [0.29, 0.717) is 18.4 Å². The zero-order valence-electron chi connectivity index (χ0n) is 12.0. The first kappa shape index (κ1) is 17.3. The Morgan fingerprint density at radius 1 is 1.39 bits per heavy atom. The van der Waals surface area contributed by atoms with Gasteiger partial charge < -0.3 is 20.4 Å². The Labute approximate surface area is 129 Å². The largest absolute Gasteiger partial charge is 0.525 e. The SMILES string of the molecule is NCc1ccc(C(F)(F)F)nc1OC1CCN(OC(=O)O)CC1. The molecule has 2 heterocycles. The van der Waals surface area contributed by atoms with E-state index in [-0.39, 0.29) is 31.6 Å². The van der Waals surface area contributed by atoms with Crippen molar-refractivity contribution in [2.75, 3.05) is 13.1 Å². The third-order valence-corrected chi connectivity index (χ3v) is 3.34. The van der Waals surface area contributed by atoms with E-state index in [0.717, 1.165) is 6.07 Å². The minimum atomic E-state index is -4.57. The van der Waals surface area contributed by atoms with Gasteiger partial charge in [-0.15, -0.1) is 5.06 Å². The van der Waals surface area contributed by atoms with Crippen molar-refractivity contribution < 1.29 is 32.6 Å². The van der Waals surface area contributed by atoms with Crippen LogP contribution in [-0.2, 0) is 17.6 Å². The molecule has 128 valence electrons. The number of nitrogens with zero attached hydrogens (tertiary/aromatic N) is 2. The van der Waals surface area contributed by atoms with Crippen molar-refractivity contribution in [1.29, 1.82) is 0 Å². The van der Waals surface area contributed by atoms with Gasteiger partial charge in [0.25, 0.3) is 0 Å². The van der Waals surface area contributed by atoms with E-state index in [1.165, 1.54) is 11.1 Å². The predicted octanol–water partition coefficient (Wildman–Crippen LogP) is 2.01. The van der Waals surface area contributed by atoms with Crippen LogP contribution >= 0.6 is 0 Å². The molecule has 1 aliphatic rings. The third kappa shape index (κ3) is 4.70. The predicted molar refractivity (Wildman–Crippen MR) is 71.5 cm³/mol. The van der Waals surface area contributed by atoms with Crippen molar-refractivity contribution in [3.05, 3.63) is 23.4 Å². The third-order valence-electron chi connectivity index (χ3n) is 3.34. The summed E-state index contributed by atoms with van der Waals surface area (Å²) in [5.41, 5.74) is 4.83. The van der Waals surface area contributed by atoms with Crippen LogP contribution in [0.1, 0.15) is 24.1 Å². The smallest absolute Gasteiger partial charge is 0.474 e. The molecule has 1 aromatic rings.